The van der Waals surface area contributed by atoms with E-state index in [9.17, 15) is 18.0 Å². The third kappa shape index (κ3) is 3.85. The van der Waals surface area contributed by atoms with E-state index in [1.54, 1.807) is 30.9 Å². The molecule has 1 aromatic carbocycles. The van der Waals surface area contributed by atoms with Crippen LogP contribution >= 0.6 is 0 Å². The second-order valence-electron chi connectivity index (χ2n) is 6.27. The van der Waals surface area contributed by atoms with Crippen LogP contribution in [0.4, 0.5) is 35.3 Å². The smallest absolute Gasteiger partial charge is 0.368 e. The van der Waals surface area contributed by atoms with Crippen molar-refractivity contribution in [2.45, 2.75) is 6.18 Å². The molecular weight excluding hydrogens is 399 g/mol. The van der Waals surface area contributed by atoms with Gasteiger partial charge in [-0.3, -0.25) is 0 Å². The number of hydrogen-bond donors (Lipinski definition) is 4. The van der Waals surface area contributed by atoms with Gasteiger partial charge < -0.3 is 21.4 Å². The lowest BCUT2D eigenvalue weighted by Gasteiger charge is -2.10. The Hall–Kier alpha value is -4.15. The Kier molecular flexibility index (Phi) is 4.70. The molecule has 0 fully saturated rings. The number of anilines is 3. The first-order valence-corrected chi connectivity index (χ1v) is 8.60. The number of nitrogen functional groups attached to an aromatic ring is 1. The van der Waals surface area contributed by atoms with Crippen LogP contribution < -0.4 is 16.4 Å². The van der Waals surface area contributed by atoms with Crippen molar-refractivity contribution in [3.63, 3.8) is 0 Å². The zero-order valence-corrected chi connectivity index (χ0v) is 15.2. The molecule has 11 heteroatoms. The summed E-state index contributed by atoms with van der Waals surface area (Å²) in [7, 11) is 0. The van der Waals surface area contributed by atoms with Gasteiger partial charge in [0, 0.05) is 36.0 Å². The van der Waals surface area contributed by atoms with E-state index in [0.29, 0.717) is 27.8 Å². The third-order valence-corrected chi connectivity index (χ3v) is 4.27. The quantitative estimate of drug-likeness (QED) is 0.400. The van der Waals surface area contributed by atoms with Crippen LogP contribution in [-0.4, -0.2) is 26.0 Å². The third-order valence-electron chi connectivity index (χ3n) is 4.27. The number of carbonyl (C=O) groups excluding carboxylic acids is 1. The molecule has 3 aromatic heterocycles. The lowest BCUT2D eigenvalue weighted by molar-refractivity contribution is -0.137. The fourth-order valence-electron chi connectivity index (χ4n) is 2.90. The van der Waals surface area contributed by atoms with Crippen molar-refractivity contribution in [3.8, 4) is 11.1 Å². The molecule has 0 saturated carbocycles. The molecular formula is C19H14F3N7O. The standard InChI is InChI=1S/C19H14F3N7O/c20-19(21,22)11-1-3-12(4-2-11)28-18(30)29-14-9-25-16-15(14)13(5-6-24-16)10-7-26-17(23)27-8-10/h1-9H,(H,24,25)(H2,23,26,27)(H2,28,29,30). The second kappa shape index (κ2) is 7.35. The maximum Gasteiger partial charge on any atom is 0.416 e. The van der Waals surface area contributed by atoms with Gasteiger partial charge in [-0.2, -0.15) is 13.2 Å². The molecule has 0 bridgehead atoms. The van der Waals surface area contributed by atoms with Gasteiger partial charge in [-0.1, -0.05) is 0 Å². The average Bonchev–Trinajstić information content (AvgIpc) is 3.11. The highest BCUT2D eigenvalue weighted by Crippen LogP contribution is 2.33. The number of halogens is 3. The van der Waals surface area contributed by atoms with E-state index in [0.717, 1.165) is 12.1 Å². The molecule has 152 valence electrons. The predicted octanol–water partition coefficient (Wildman–Crippen LogP) is 4.26. The van der Waals surface area contributed by atoms with Gasteiger partial charge in [0.05, 0.1) is 16.6 Å². The van der Waals surface area contributed by atoms with Gasteiger partial charge in [-0.25, -0.2) is 19.7 Å². The Morgan fingerprint density at radius 3 is 2.37 bits per heavy atom. The van der Waals surface area contributed by atoms with Gasteiger partial charge in [-0.15, -0.1) is 0 Å². The second-order valence-corrected chi connectivity index (χ2v) is 6.27. The van der Waals surface area contributed by atoms with Crippen molar-refractivity contribution in [2.75, 3.05) is 16.4 Å². The number of carbonyl (C=O) groups is 1. The van der Waals surface area contributed by atoms with Crippen molar-refractivity contribution in [3.05, 3.63) is 60.7 Å². The molecule has 8 nitrogen and oxygen atoms in total. The van der Waals surface area contributed by atoms with Crippen molar-refractivity contribution in [1.29, 1.82) is 0 Å². The van der Waals surface area contributed by atoms with E-state index in [1.807, 2.05) is 0 Å². The summed E-state index contributed by atoms with van der Waals surface area (Å²) in [6.45, 7) is 0. The van der Waals surface area contributed by atoms with Crippen molar-refractivity contribution in [1.82, 2.24) is 19.9 Å². The number of aromatic amines is 1. The number of H-pyrrole nitrogens is 1. The summed E-state index contributed by atoms with van der Waals surface area (Å²) in [4.78, 5) is 27.5. The predicted molar refractivity (Wildman–Crippen MR) is 106 cm³/mol. The highest BCUT2D eigenvalue weighted by atomic mass is 19.4. The Balaban J connectivity index is 1.58. The number of nitrogens with zero attached hydrogens (tertiary/aromatic N) is 3. The number of nitrogens with two attached hydrogens (primary N) is 1. The number of amides is 2. The summed E-state index contributed by atoms with van der Waals surface area (Å²) in [6, 6.07) is 5.25. The summed E-state index contributed by atoms with van der Waals surface area (Å²) in [6.07, 6.45) is 1.81. The maximum atomic E-state index is 12.7. The number of nitrogens with one attached hydrogen (secondary N) is 3. The summed E-state index contributed by atoms with van der Waals surface area (Å²) < 4.78 is 38.0. The molecule has 0 aliphatic carbocycles. The largest absolute Gasteiger partial charge is 0.416 e. The highest BCUT2D eigenvalue weighted by molar-refractivity contribution is 6.09. The molecule has 2 amide bonds. The highest BCUT2D eigenvalue weighted by Gasteiger charge is 2.30. The summed E-state index contributed by atoms with van der Waals surface area (Å²) in [5, 5.41) is 5.79. The minimum absolute atomic E-state index is 0.132. The number of rotatable bonds is 3. The van der Waals surface area contributed by atoms with Crippen LogP contribution in [0, 0.1) is 0 Å². The van der Waals surface area contributed by atoms with Gasteiger partial charge in [-0.05, 0) is 35.9 Å². The average molecular weight is 413 g/mol. The number of alkyl halides is 3. The van der Waals surface area contributed by atoms with Crippen LogP contribution in [0.1, 0.15) is 5.56 Å². The molecule has 4 aromatic rings. The van der Waals surface area contributed by atoms with E-state index in [4.69, 9.17) is 5.73 Å². The summed E-state index contributed by atoms with van der Waals surface area (Å²) >= 11 is 0. The maximum absolute atomic E-state index is 12.7. The number of fused-ring (bicyclic) bond motifs is 1. The SMILES string of the molecule is Nc1ncc(-c2ccnc3[nH]cc(NC(=O)Nc4ccc(C(F)(F)F)cc4)c23)cn1. The van der Waals surface area contributed by atoms with Crippen molar-refractivity contribution < 1.29 is 18.0 Å². The first kappa shape index (κ1) is 19.2. The topological polar surface area (TPSA) is 122 Å². The minimum atomic E-state index is -4.44. The summed E-state index contributed by atoms with van der Waals surface area (Å²) in [5.74, 6) is 0.132. The fraction of sp³-hybridized carbons (Fsp3) is 0.0526. The van der Waals surface area contributed by atoms with Crippen LogP contribution in [0.3, 0.4) is 0 Å². The normalized spacial score (nSPS) is 11.4. The molecule has 0 unspecified atom stereocenters. The van der Waals surface area contributed by atoms with E-state index >= 15 is 0 Å². The lowest BCUT2D eigenvalue weighted by Crippen LogP contribution is -2.19. The fourth-order valence-corrected chi connectivity index (χ4v) is 2.90. The number of pyridine rings is 1. The Labute approximate surface area is 167 Å². The Morgan fingerprint density at radius 1 is 1.00 bits per heavy atom. The minimum Gasteiger partial charge on any atom is -0.368 e. The molecule has 30 heavy (non-hydrogen) atoms. The van der Waals surface area contributed by atoms with Gasteiger partial charge >= 0.3 is 12.2 Å². The number of benzene rings is 1. The molecule has 0 saturated heterocycles. The molecule has 0 atom stereocenters. The number of aromatic nitrogens is 4. The molecule has 0 aliphatic rings. The van der Waals surface area contributed by atoms with Gasteiger partial charge in [0.2, 0.25) is 5.95 Å². The first-order valence-electron chi connectivity index (χ1n) is 8.60. The monoisotopic (exact) mass is 413 g/mol. The van der Waals surface area contributed by atoms with E-state index in [1.165, 1.54) is 12.1 Å². The lowest BCUT2D eigenvalue weighted by atomic mass is 10.1. The number of hydrogen-bond acceptors (Lipinski definition) is 5. The van der Waals surface area contributed by atoms with E-state index < -0.39 is 17.8 Å². The zero-order chi connectivity index (χ0) is 21.3. The van der Waals surface area contributed by atoms with Crippen molar-refractivity contribution >= 4 is 34.4 Å². The Bertz CT molecular complexity index is 1200. The van der Waals surface area contributed by atoms with Crippen LogP contribution in [0.2, 0.25) is 0 Å². The van der Waals surface area contributed by atoms with Crippen LogP contribution in [-0.2, 0) is 6.18 Å². The molecule has 0 radical (unpaired) electrons. The molecule has 3 heterocycles. The summed E-state index contributed by atoms with van der Waals surface area (Å²) in [5.41, 5.74) is 7.28. The van der Waals surface area contributed by atoms with E-state index in [-0.39, 0.29) is 11.6 Å². The van der Waals surface area contributed by atoms with E-state index in [2.05, 4.69) is 30.6 Å². The zero-order valence-electron chi connectivity index (χ0n) is 15.2. The molecule has 0 aliphatic heterocycles. The van der Waals surface area contributed by atoms with Gasteiger partial charge in [0.25, 0.3) is 0 Å². The Morgan fingerprint density at radius 2 is 1.70 bits per heavy atom. The molecule has 4 rings (SSSR count). The molecule has 0 spiro atoms. The number of urea groups is 1. The van der Waals surface area contributed by atoms with Crippen molar-refractivity contribution in [2.24, 2.45) is 0 Å². The molecule has 5 N–H and O–H groups in total. The van der Waals surface area contributed by atoms with Crippen LogP contribution in [0.25, 0.3) is 22.2 Å². The van der Waals surface area contributed by atoms with Gasteiger partial charge in [0.1, 0.15) is 5.65 Å². The van der Waals surface area contributed by atoms with Crippen LogP contribution in [0.5, 0.6) is 0 Å². The van der Waals surface area contributed by atoms with Gasteiger partial charge in [0.15, 0.2) is 0 Å². The van der Waals surface area contributed by atoms with Crippen LogP contribution in [0.15, 0.2) is 55.1 Å². The first-order chi connectivity index (χ1) is 14.3.